The van der Waals surface area contributed by atoms with Crippen LogP contribution in [0.1, 0.15) is 11.5 Å². The van der Waals surface area contributed by atoms with Gasteiger partial charge in [0.2, 0.25) is 5.09 Å². The van der Waals surface area contributed by atoms with Gasteiger partial charge in [0.15, 0.2) is 5.76 Å². The number of furan rings is 1. The van der Waals surface area contributed by atoms with Crippen LogP contribution in [-0.2, 0) is 23.1 Å². The summed E-state index contributed by atoms with van der Waals surface area (Å²) in [7, 11) is -3.69. The summed E-state index contributed by atoms with van der Waals surface area (Å²) in [5.41, 5.74) is 5.33. The number of nitrogens with zero attached hydrogens (tertiary/aromatic N) is 1. The van der Waals surface area contributed by atoms with Crippen LogP contribution in [0, 0.1) is 0 Å². The molecule has 3 N–H and O–H groups in total. The third-order valence-corrected chi connectivity index (χ3v) is 3.30. The van der Waals surface area contributed by atoms with E-state index in [9.17, 15) is 8.42 Å². The Morgan fingerprint density at radius 3 is 2.71 bits per heavy atom. The Labute approximate surface area is 97.6 Å². The SMILES string of the molecule is NCc1ccc(S(=O)(=O)NCc2ccno2)o1. The molecule has 0 amide bonds. The molecule has 0 atom stereocenters. The zero-order valence-corrected chi connectivity index (χ0v) is 9.61. The number of nitrogens with two attached hydrogens (primary N) is 1. The van der Waals surface area contributed by atoms with Crippen molar-refractivity contribution >= 4 is 10.0 Å². The average molecular weight is 257 g/mol. The maximum Gasteiger partial charge on any atom is 0.274 e. The van der Waals surface area contributed by atoms with Gasteiger partial charge in [-0.2, -0.15) is 0 Å². The first-order valence-corrected chi connectivity index (χ1v) is 6.28. The molecule has 0 bridgehead atoms. The predicted molar refractivity (Wildman–Crippen MR) is 57.1 cm³/mol. The zero-order chi connectivity index (χ0) is 12.3. The summed E-state index contributed by atoms with van der Waals surface area (Å²) in [6.07, 6.45) is 1.43. The van der Waals surface area contributed by atoms with E-state index in [1.807, 2.05) is 0 Å². The van der Waals surface area contributed by atoms with Gasteiger partial charge in [0, 0.05) is 6.07 Å². The van der Waals surface area contributed by atoms with Crippen LogP contribution in [-0.4, -0.2) is 13.6 Å². The summed E-state index contributed by atoms with van der Waals surface area (Å²) in [4.78, 5) is 0. The highest BCUT2D eigenvalue weighted by molar-refractivity contribution is 7.89. The molecule has 7 nitrogen and oxygen atoms in total. The fourth-order valence-corrected chi connectivity index (χ4v) is 2.12. The van der Waals surface area contributed by atoms with Gasteiger partial charge < -0.3 is 14.7 Å². The Morgan fingerprint density at radius 1 is 1.29 bits per heavy atom. The molecule has 0 aliphatic rings. The number of aromatic nitrogens is 1. The van der Waals surface area contributed by atoms with E-state index in [1.165, 1.54) is 18.3 Å². The van der Waals surface area contributed by atoms with Crippen molar-refractivity contribution in [2.24, 2.45) is 5.73 Å². The minimum atomic E-state index is -3.69. The first kappa shape index (κ1) is 11.8. The number of rotatable bonds is 5. The molecule has 2 rings (SSSR count). The van der Waals surface area contributed by atoms with Gasteiger partial charge in [-0.3, -0.25) is 0 Å². The van der Waals surface area contributed by atoms with Gasteiger partial charge in [-0.05, 0) is 12.1 Å². The van der Waals surface area contributed by atoms with Crippen molar-refractivity contribution in [3.8, 4) is 0 Å². The highest BCUT2D eigenvalue weighted by atomic mass is 32.2. The van der Waals surface area contributed by atoms with E-state index in [2.05, 4.69) is 9.88 Å². The number of nitrogens with one attached hydrogen (secondary N) is 1. The molecule has 2 aromatic rings. The third-order valence-electron chi connectivity index (χ3n) is 2.03. The summed E-state index contributed by atoms with van der Waals surface area (Å²) in [6.45, 7) is 0.165. The van der Waals surface area contributed by atoms with Gasteiger partial charge in [-0.15, -0.1) is 0 Å². The van der Waals surface area contributed by atoms with Crippen LogP contribution in [0.25, 0.3) is 0 Å². The monoisotopic (exact) mass is 257 g/mol. The van der Waals surface area contributed by atoms with Gasteiger partial charge in [-0.25, -0.2) is 13.1 Å². The molecule has 0 unspecified atom stereocenters. The molecule has 0 aliphatic carbocycles. The quantitative estimate of drug-likeness (QED) is 0.791. The highest BCUT2D eigenvalue weighted by Crippen LogP contribution is 2.13. The molecule has 2 heterocycles. The molecule has 0 aliphatic heterocycles. The van der Waals surface area contributed by atoms with Crippen molar-refractivity contribution in [1.29, 1.82) is 0 Å². The molecule has 0 fully saturated rings. The lowest BCUT2D eigenvalue weighted by Crippen LogP contribution is -2.22. The van der Waals surface area contributed by atoms with Crippen molar-refractivity contribution in [2.45, 2.75) is 18.2 Å². The van der Waals surface area contributed by atoms with E-state index >= 15 is 0 Å². The van der Waals surface area contributed by atoms with Crippen molar-refractivity contribution in [2.75, 3.05) is 0 Å². The standard InChI is InChI=1S/C9H11N3O4S/c10-5-7-1-2-9(15-7)17(13,14)12-6-8-3-4-11-16-8/h1-4,12H,5-6,10H2. The molecule has 2 aromatic heterocycles. The molecule has 92 valence electrons. The molecule has 0 spiro atoms. The second kappa shape index (κ2) is 4.70. The fraction of sp³-hybridized carbons (Fsp3) is 0.222. The fourth-order valence-electron chi connectivity index (χ4n) is 1.18. The maximum absolute atomic E-state index is 11.7. The van der Waals surface area contributed by atoms with Crippen LogP contribution in [0.2, 0.25) is 0 Å². The highest BCUT2D eigenvalue weighted by Gasteiger charge is 2.18. The van der Waals surface area contributed by atoms with E-state index in [4.69, 9.17) is 14.7 Å². The Bertz CT molecular complexity index is 573. The van der Waals surface area contributed by atoms with Crippen molar-refractivity contribution in [3.05, 3.63) is 35.9 Å². The molecule has 0 saturated heterocycles. The second-order valence-electron chi connectivity index (χ2n) is 3.23. The van der Waals surface area contributed by atoms with Gasteiger partial charge in [0.1, 0.15) is 5.76 Å². The Balaban J connectivity index is 2.08. The minimum absolute atomic E-state index is 0.0149. The van der Waals surface area contributed by atoms with Crippen LogP contribution >= 0.6 is 0 Å². The smallest absolute Gasteiger partial charge is 0.274 e. The lowest BCUT2D eigenvalue weighted by molar-refractivity contribution is 0.377. The predicted octanol–water partition coefficient (Wildman–Crippen LogP) is 0.205. The summed E-state index contributed by atoms with van der Waals surface area (Å²) in [6, 6.07) is 4.43. The van der Waals surface area contributed by atoms with Gasteiger partial charge in [0.25, 0.3) is 10.0 Å². The normalized spacial score (nSPS) is 11.8. The number of hydrogen-bond acceptors (Lipinski definition) is 6. The van der Waals surface area contributed by atoms with Crippen LogP contribution in [0.4, 0.5) is 0 Å². The lowest BCUT2D eigenvalue weighted by atomic mass is 10.5. The lowest BCUT2D eigenvalue weighted by Gasteiger charge is -2.01. The number of hydrogen-bond donors (Lipinski definition) is 2. The van der Waals surface area contributed by atoms with E-state index in [1.54, 1.807) is 6.07 Å². The minimum Gasteiger partial charge on any atom is -0.447 e. The summed E-state index contributed by atoms with van der Waals surface area (Å²) >= 11 is 0. The van der Waals surface area contributed by atoms with Crippen molar-refractivity contribution < 1.29 is 17.4 Å². The van der Waals surface area contributed by atoms with E-state index in [-0.39, 0.29) is 18.2 Å². The van der Waals surface area contributed by atoms with Gasteiger partial charge in [0.05, 0.1) is 19.3 Å². The Morgan fingerprint density at radius 2 is 2.12 bits per heavy atom. The molecule has 0 radical (unpaired) electrons. The first-order chi connectivity index (χ1) is 8.12. The topological polar surface area (TPSA) is 111 Å². The largest absolute Gasteiger partial charge is 0.447 e. The van der Waals surface area contributed by atoms with E-state index in [0.717, 1.165) is 0 Å². The zero-order valence-electron chi connectivity index (χ0n) is 8.79. The van der Waals surface area contributed by atoms with Crippen LogP contribution in [0.15, 0.2) is 38.4 Å². The number of sulfonamides is 1. The van der Waals surface area contributed by atoms with Gasteiger partial charge >= 0.3 is 0 Å². The van der Waals surface area contributed by atoms with Crippen LogP contribution in [0.3, 0.4) is 0 Å². The van der Waals surface area contributed by atoms with Crippen molar-refractivity contribution in [1.82, 2.24) is 9.88 Å². The Hall–Kier alpha value is -1.64. The first-order valence-electron chi connectivity index (χ1n) is 4.80. The second-order valence-corrected chi connectivity index (χ2v) is 4.93. The molecular weight excluding hydrogens is 246 g/mol. The summed E-state index contributed by atoms with van der Waals surface area (Å²) < 4.78 is 35.6. The van der Waals surface area contributed by atoms with Crippen LogP contribution in [0.5, 0.6) is 0 Å². The average Bonchev–Trinajstić information content (AvgIpc) is 2.98. The van der Waals surface area contributed by atoms with Crippen molar-refractivity contribution in [3.63, 3.8) is 0 Å². The third kappa shape index (κ3) is 2.73. The molecule has 8 heteroatoms. The molecular formula is C9H11N3O4S. The summed E-state index contributed by atoms with van der Waals surface area (Å²) in [5, 5.41) is 3.29. The van der Waals surface area contributed by atoms with Crippen LogP contribution < -0.4 is 10.5 Å². The molecule has 0 saturated carbocycles. The molecule has 0 aromatic carbocycles. The van der Waals surface area contributed by atoms with E-state index in [0.29, 0.717) is 11.5 Å². The molecule has 17 heavy (non-hydrogen) atoms. The Kier molecular flexibility index (Phi) is 3.27. The summed E-state index contributed by atoms with van der Waals surface area (Å²) in [5.74, 6) is 0.823. The van der Waals surface area contributed by atoms with E-state index < -0.39 is 10.0 Å². The van der Waals surface area contributed by atoms with Gasteiger partial charge in [-0.1, -0.05) is 5.16 Å². The maximum atomic E-state index is 11.7.